The molecule has 1 N–H and O–H groups in total. The Bertz CT molecular complexity index is 1090. The average Bonchev–Trinajstić information content (AvgIpc) is 3.26. The van der Waals surface area contributed by atoms with Crippen LogP contribution in [0.2, 0.25) is 0 Å². The van der Waals surface area contributed by atoms with E-state index in [-0.39, 0.29) is 18.5 Å². The molecular formula is C19H17F3N4O3. The van der Waals surface area contributed by atoms with Gasteiger partial charge in [-0.25, -0.2) is 9.78 Å². The summed E-state index contributed by atoms with van der Waals surface area (Å²) >= 11 is 0. The second-order valence-electron chi connectivity index (χ2n) is 6.82. The SMILES string of the molecule is O=C(Cn1c(=O)oc2ccccc21)NC1CCN(c2ccc(C(F)(F)F)cn2)C1. The molecule has 1 aliphatic heterocycles. The molecule has 0 saturated carbocycles. The van der Waals surface area contributed by atoms with E-state index in [0.29, 0.717) is 36.4 Å². The minimum atomic E-state index is -4.43. The normalized spacial score (nSPS) is 17.1. The Hall–Kier alpha value is -3.30. The van der Waals surface area contributed by atoms with Crippen LogP contribution in [-0.2, 0) is 17.5 Å². The second kappa shape index (κ2) is 7.26. The van der Waals surface area contributed by atoms with Crippen molar-refractivity contribution in [3.8, 4) is 0 Å². The van der Waals surface area contributed by atoms with Crippen LogP contribution in [0.1, 0.15) is 12.0 Å². The number of benzene rings is 1. The van der Waals surface area contributed by atoms with Crippen LogP contribution in [0.4, 0.5) is 19.0 Å². The van der Waals surface area contributed by atoms with Crippen molar-refractivity contribution in [3.05, 3.63) is 58.7 Å². The standard InChI is InChI=1S/C19H17F3N4O3/c20-19(21,22)12-5-6-16(23-9-12)25-8-7-13(10-25)24-17(27)11-26-14-3-1-2-4-15(14)29-18(26)28/h1-6,9,13H,7-8,10-11H2,(H,24,27). The molecule has 1 amide bonds. The minimum Gasteiger partial charge on any atom is -0.408 e. The van der Waals surface area contributed by atoms with Gasteiger partial charge in [0.15, 0.2) is 5.58 Å². The number of para-hydroxylation sites is 2. The molecule has 29 heavy (non-hydrogen) atoms. The first-order valence-electron chi connectivity index (χ1n) is 8.97. The van der Waals surface area contributed by atoms with Gasteiger partial charge in [-0.1, -0.05) is 12.1 Å². The number of oxazole rings is 1. The fourth-order valence-electron chi connectivity index (χ4n) is 3.41. The molecule has 2 aromatic heterocycles. The highest BCUT2D eigenvalue weighted by molar-refractivity contribution is 5.79. The number of fused-ring (bicyclic) bond motifs is 1. The van der Waals surface area contributed by atoms with Crippen LogP contribution in [-0.4, -0.2) is 34.6 Å². The number of rotatable bonds is 4. The van der Waals surface area contributed by atoms with Gasteiger partial charge in [-0.15, -0.1) is 0 Å². The second-order valence-corrected chi connectivity index (χ2v) is 6.82. The molecule has 1 aromatic carbocycles. The highest BCUT2D eigenvalue weighted by Gasteiger charge is 2.31. The molecule has 4 rings (SSSR count). The van der Waals surface area contributed by atoms with Crippen molar-refractivity contribution in [2.75, 3.05) is 18.0 Å². The van der Waals surface area contributed by atoms with Gasteiger partial charge in [-0.05, 0) is 30.7 Å². The Kier molecular flexibility index (Phi) is 4.77. The Morgan fingerprint density at radius 1 is 1.24 bits per heavy atom. The van der Waals surface area contributed by atoms with Crippen molar-refractivity contribution in [1.29, 1.82) is 0 Å². The van der Waals surface area contributed by atoms with E-state index in [9.17, 15) is 22.8 Å². The maximum Gasteiger partial charge on any atom is 0.420 e. The lowest BCUT2D eigenvalue weighted by atomic mass is 10.2. The van der Waals surface area contributed by atoms with E-state index in [2.05, 4.69) is 10.3 Å². The van der Waals surface area contributed by atoms with Crippen LogP contribution in [0.3, 0.4) is 0 Å². The first-order chi connectivity index (χ1) is 13.8. The Balaban J connectivity index is 1.38. The van der Waals surface area contributed by atoms with Crippen molar-refractivity contribution in [1.82, 2.24) is 14.9 Å². The molecule has 0 radical (unpaired) electrons. The van der Waals surface area contributed by atoms with Crippen molar-refractivity contribution in [2.45, 2.75) is 25.2 Å². The van der Waals surface area contributed by atoms with Crippen LogP contribution in [0.5, 0.6) is 0 Å². The van der Waals surface area contributed by atoms with Crippen molar-refractivity contribution >= 4 is 22.8 Å². The summed E-state index contributed by atoms with van der Waals surface area (Å²) in [7, 11) is 0. The largest absolute Gasteiger partial charge is 0.420 e. The quantitative estimate of drug-likeness (QED) is 0.720. The lowest BCUT2D eigenvalue weighted by molar-refractivity contribution is -0.137. The summed E-state index contributed by atoms with van der Waals surface area (Å²) < 4.78 is 44.3. The van der Waals surface area contributed by atoms with E-state index in [0.717, 1.165) is 12.3 Å². The average molecular weight is 406 g/mol. The third-order valence-corrected chi connectivity index (χ3v) is 4.83. The van der Waals surface area contributed by atoms with Crippen LogP contribution in [0.15, 0.2) is 51.8 Å². The highest BCUT2D eigenvalue weighted by atomic mass is 19.4. The van der Waals surface area contributed by atoms with Crippen molar-refractivity contribution in [2.24, 2.45) is 0 Å². The number of alkyl halides is 3. The molecule has 0 spiro atoms. The molecule has 0 aliphatic carbocycles. The third kappa shape index (κ3) is 3.96. The first-order valence-corrected chi connectivity index (χ1v) is 8.97. The van der Waals surface area contributed by atoms with Crippen molar-refractivity contribution in [3.63, 3.8) is 0 Å². The molecular weight excluding hydrogens is 389 g/mol. The number of nitrogens with zero attached hydrogens (tertiary/aromatic N) is 3. The summed E-state index contributed by atoms with van der Waals surface area (Å²) in [5.74, 6) is -0.527. The lowest BCUT2D eigenvalue weighted by Crippen LogP contribution is -2.40. The predicted molar refractivity (Wildman–Crippen MR) is 98.5 cm³/mol. The predicted octanol–water partition coefficient (Wildman–Crippen LogP) is 2.40. The van der Waals surface area contributed by atoms with Gasteiger partial charge in [-0.3, -0.25) is 9.36 Å². The Labute approximate surface area is 162 Å². The number of hydrogen-bond acceptors (Lipinski definition) is 5. The first kappa shape index (κ1) is 19.0. The monoisotopic (exact) mass is 406 g/mol. The van der Waals surface area contributed by atoms with E-state index in [1.165, 1.54) is 10.6 Å². The van der Waals surface area contributed by atoms with Gasteiger partial charge in [0.1, 0.15) is 12.4 Å². The lowest BCUT2D eigenvalue weighted by Gasteiger charge is -2.18. The molecule has 0 bridgehead atoms. The van der Waals surface area contributed by atoms with Gasteiger partial charge >= 0.3 is 11.9 Å². The molecule has 7 nitrogen and oxygen atoms in total. The zero-order chi connectivity index (χ0) is 20.6. The number of nitrogens with one attached hydrogen (secondary N) is 1. The maximum absolute atomic E-state index is 12.7. The van der Waals surface area contributed by atoms with Gasteiger partial charge in [0, 0.05) is 25.3 Å². The van der Waals surface area contributed by atoms with Gasteiger partial charge in [0.05, 0.1) is 11.1 Å². The van der Waals surface area contributed by atoms with Gasteiger partial charge in [0.2, 0.25) is 5.91 Å². The zero-order valence-electron chi connectivity index (χ0n) is 15.1. The van der Waals surface area contributed by atoms with Crippen LogP contribution in [0.25, 0.3) is 11.1 Å². The molecule has 1 unspecified atom stereocenters. The number of pyridine rings is 1. The van der Waals surface area contributed by atoms with E-state index < -0.39 is 17.5 Å². The number of carbonyl (C=O) groups excluding carboxylic acids is 1. The summed E-state index contributed by atoms with van der Waals surface area (Å²) in [5.41, 5.74) is 0.142. The summed E-state index contributed by atoms with van der Waals surface area (Å²) in [6.07, 6.45) is -3.00. The number of anilines is 1. The van der Waals surface area contributed by atoms with E-state index in [4.69, 9.17) is 4.42 Å². The molecule has 152 valence electrons. The Morgan fingerprint density at radius 2 is 2.03 bits per heavy atom. The maximum atomic E-state index is 12.7. The Morgan fingerprint density at radius 3 is 2.76 bits per heavy atom. The smallest absolute Gasteiger partial charge is 0.408 e. The van der Waals surface area contributed by atoms with Gasteiger partial charge in [-0.2, -0.15) is 13.2 Å². The fraction of sp³-hybridized carbons (Fsp3) is 0.316. The molecule has 1 fully saturated rings. The van der Waals surface area contributed by atoms with Crippen LogP contribution >= 0.6 is 0 Å². The van der Waals surface area contributed by atoms with E-state index in [1.807, 2.05) is 4.90 Å². The van der Waals surface area contributed by atoms with Gasteiger partial charge in [0.25, 0.3) is 0 Å². The molecule has 1 aliphatic rings. The number of aromatic nitrogens is 2. The summed E-state index contributed by atoms with van der Waals surface area (Å²) in [6, 6.07) is 8.95. The molecule has 10 heteroatoms. The van der Waals surface area contributed by atoms with Crippen LogP contribution in [0, 0.1) is 0 Å². The summed E-state index contributed by atoms with van der Waals surface area (Å²) in [5, 5.41) is 2.85. The van der Waals surface area contributed by atoms with Crippen molar-refractivity contribution < 1.29 is 22.4 Å². The molecule has 1 atom stereocenters. The van der Waals surface area contributed by atoms with Crippen LogP contribution < -0.4 is 16.0 Å². The molecule has 3 heterocycles. The molecule has 1 saturated heterocycles. The highest BCUT2D eigenvalue weighted by Crippen LogP contribution is 2.29. The molecule has 3 aromatic rings. The summed E-state index contributed by atoms with van der Waals surface area (Å²) in [4.78, 5) is 30.0. The van der Waals surface area contributed by atoms with E-state index >= 15 is 0 Å². The van der Waals surface area contributed by atoms with E-state index in [1.54, 1.807) is 24.3 Å². The summed E-state index contributed by atoms with van der Waals surface area (Å²) in [6.45, 7) is 0.800. The van der Waals surface area contributed by atoms with Gasteiger partial charge < -0.3 is 14.6 Å². The number of carbonyl (C=O) groups is 1. The zero-order valence-corrected chi connectivity index (χ0v) is 15.1. The fourth-order valence-corrected chi connectivity index (χ4v) is 3.41. The topological polar surface area (TPSA) is 80.4 Å². The number of hydrogen-bond donors (Lipinski definition) is 1. The number of amides is 1. The minimum absolute atomic E-state index is 0.176. The number of halogens is 3. The third-order valence-electron chi connectivity index (χ3n) is 4.83.